The maximum Gasteiger partial charge on any atom is 0.339 e. The molecule has 10 heteroatoms. The minimum absolute atomic E-state index is 0.0729. The van der Waals surface area contributed by atoms with Gasteiger partial charge in [0, 0.05) is 25.5 Å². The topological polar surface area (TPSA) is 105 Å². The van der Waals surface area contributed by atoms with E-state index in [2.05, 4.69) is 15.4 Å². The standard InChI is InChI=1S/C18H20ClN3O5S/c1-22(2)28(25,26)14-6-4-5-13(9-14)21-17(23)11-20-12-7-8-16(19)15(10-12)18(24)27-3/h4-10,20H,11H2,1-3H3,(H,21,23). The highest BCUT2D eigenvalue weighted by Crippen LogP contribution is 2.21. The highest BCUT2D eigenvalue weighted by molar-refractivity contribution is 7.89. The molecule has 28 heavy (non-hydrogen) atoms. The minimum atomic E-state index is -3.60. The van der Waals surface area contributed by atoms with E-state index in [1.807, 2.05) is 0 Å². The van der Waals surface area contributed by atoms with Gasteiger partial charge in [-0.15, -0.1) is 0 Å². The Bertz CT molecular complexity index is 992. The normalized spacial score (nSPS) is 11.2. The first kappa shape index (κ1) is 21.7. The molecule has 0 bridgehead atoms. The van der Waals surface area contributed by atoms with Crippen molar-refractivity contribution in [3.8, 4) is 0 Å². The Balaban J connectivity index is 2.05. The summed E-state index contributed by atoms with van der Waals surface area (Å²) in [7, 11) is 0.506. The summed E-state index contributed by atoms with van der Waals surface area (Å²) in [6.07, 6.45) is 0. The number of carbonyl (C=O) groups is 2. The molecule has 0 saturated heterocycles. The fraction of sp³-hybridized carbons (Fsp3) is 0.222. The number of benzene rings is 2. The Hall–Kier alpha value is -2.62. The van der Waals surface area contributed by atoms with Crippen molar-refractivity contribution in [2.45, 2.75) is 4.90 Å². The summed E-state index contributed by atoms with van der Waals surface area (Å²) < 4.78 is 30.1. The number of carbonyl (C=O) groups excluding carboxylic acids is 2. The third-order valence-corrected chi connectivity index (χ3v) is 5.86. The van der Waals surface area contributed by atoms with Crippen LogP contribution in [0.4, 0.5) is 11.4 Å². The van der Waals surface area contributed by atoms with Crippen LogP contribution in [0.3, 0.4) is 0 Å². The fourth-order valence-electron chi connectivity index (χ4n) is 2.23. The van der Waals surface area contributed by atoms with Gasteiger partial charge in [0.2, 0.25) is 15.9 Å². The second-order valence-electron chi connectivity index (χ2n) is 5.90. The lowest BCUT2D eigenvalue weighted by Gasteiger charge is -2.13. The van der Waals surface area contributed by atoms with Crippen LogP contribution in [0.1, 0.15) is 10.4 Å². The van der Waals surface area contributed by atoms with Gasteiger partial charge in [0.15, 0.2) is 0 Å². The zero-order chi connectivity index (χ0) is 20.9. The van der Waals surface area contributed by atoms with E-state index < -0.39 is 21.9 Å². The smallest absolute Gasteiger partial charge is 0.339 e. The molecule has 0 aromatic heterocycles. The Morgan fingerprint density at radius 3 is 2.46 bits per heavy atom. The average Bonchev–Trinajstić information content (AvgIpc) is 2.66. The van der Waals surface area contributed by atoms with Crippen LogP contribution in [-0.2, 0) is 19.6 Å². The Kier molecular flexibility index (Phi) is 7.00. The number of sulfonamides is 1. The molecule has 0 aliphatic heterocycles. The molecule has 1 amide bonds. The van der Waals surface area contributed by atoms with E-state index in [9.17, 15) is 18.0 Å². The summed E-state index contributed by atoms with van der Waals surface area (Å²) in [5, 5.41) is 5.73. The van der Waals surface area contributed by atoms with E-state index in [1.165, 1.54) is 45.5 Å². The molecule has 2 aromatic rings. The minimum Gasteiger partial charge on any atom is -0.465 e. The summed E-state index contributed by atoms with van der Waals surface area (Å²) >= 11 is 5.95. The van der Waals surface area contributed by atoms with Gasteiger partial charge >= 0.3 is 5.97 Å². The number of halogens is 1. The molecule has 0 aliphatic rings. The average molecular weight is 426 g/mol. The third kappa shape index (κ3) is 5.22. The van der Waals surface area contributed by atoms with Crippen LogP contribution in [0.2, 0.25) is 5.02 Å². The number of esters is 1. The molecule has 0 aliphatic carbocycles. The maximum absolute atomic E-state index is 12.2. The third-order valence-electron chi connectivity index (χ3n) is 3.72. The highest BCUT2D eigenvalue weighted by Gasteiger charge is 2.17. The number of hydrogen-bond acceptors (Lipinski definition) is 6. The van der Waals surface area contributed by atoms with Crippen LogP contribution in [-0.4, -0.2) is 52.3 Å². The van der Waals surface area contributed by atoms with Crippen LogP contribution in [0, 0.1) is 0 Å². The second kappa shape index (κ2) is 9.05. The van der Waals surface area contributed by atoms with Crippen molar-refractivity contribution < 1.29 is 22.7 Å². The largest absolute Gasteiger partial charge is 0.465 e. The molecule has 0 unspecified atom stereocenters. The van der Waals surface area contributed by atoms with E-state index in [0.29, 0.717) is 11.4 Å². The summed E-state index contributed by atoms with van der Waals surface area (Å²) in [5.74, 6) is -0.981. The number of methoxy groups -OCH3 is 1. The van der Waals surface area contributed by atoms with Gasteiger partial charge in [-0.05, 0) is 36.4 Å². The molecule has 0 fully saturated rings. The molecule has 0 radical (unpaired) electrons. The number of nitrogens with one attached hydrogen (secondary N) is 2. The van der Waals surface area contributed by atoms with Crippen molar-refractivity contribution in [2.75, 3.05) is 38.4 Å². The van der Waals surface area contributed by atoms with Crippen LogP contribution >= 0.6 is 11.6 Å². The van der Waals surface area contributed by atoms with E-state index >= 15 is 0 Å². The quantitative estimate of drug-likeness (QED) is 0.660. The number of anilines is 2. The molecule has 2 N–H and O–H groups in total. The zero-order valence-corrected chi connectivity index (χ0v) is 17.1. The number of hydrogen-bond donors (Lipinski definition) is 2. The van der Waals surface area contributed by atoms with Crippen molar-refractivity contribution in [2.24, 2.45) is 0 Å². The Morgan fingerprint density at radius 2 is 1.82 bits per heavy atom. The van der Waals surface area contributed by atoms with Crippen molar-refractivity contribution in [1.82, 2.24) is 4.31 Å². The molecule has 2 aromatic carbocycles. The van der Waals surface area contributed by atoms with Crippen molar-refractivity contribution in [3.05, 3.63) is 53.1 Å². The van der Waals surface area contributed by atoms with Crippen molar-refractivity contribution in [1.29, 1.82) is 0 Å². The Morgan fingerprint density at radius 1 is 1.11 bits per heavy atom. The second-order valence-corrected chi connectivity index (χ2v) is 8.46. The van der Waals surface area contributed by atoms with Gasteiger partial charge in [0.05, 0.1) is 29.1 Å². The van der Waals surface area contributed by atoms with E-state index in [-0.39, 0.29) is 22.0 Å². The van der Waals surface area contributed by atoms with Crippen LogP contribution in [0.5, 0.6) is 0 Å². The first-order valence-electron chi connectivity index (χ1n) is 8.09. The number of rotatable bonds is 7. The summed E-state index contributed by atoms with van der Waals surface area (Å²) in [4.78, 5) is 23.9. The predicted octanol–water partition coefficient (Wildman–Crippen LogP) is 2.43. The van der Waals surface area contributed by atoms with Crippen LogP contribution in [0.25, 0.3) is 0 Å². The fourth-order valence-corrected chi connectivity index (χ4v) is 3.38. The van der Waals surface area contributed by atoms with Crippen molar-refractivity contribution >= 4 is 44.9 Å². The molecule has 2 rings (SSSR count). The van der Waals surface area contributed by atoms with Crippen LogP contribution < -0.4 is 10.6 Å². The lowest BCUT2D eigenvalue weighted by molar-refractivity contribution is -0.114. The van der Waals surface area contributed by atoms with E-state index in [0.717, 1.165) is 4.31 Å². The van der Waals surface area contributed by atoms with Gasteiger partial charge in [0.25, 0.3) is 0 Å². The zero-order valence-electron chi connectivity index (χ0n) is 15.5. The van der Waals surface area contributed by atoms with Gasteiger partial charge in [-0.2, -0.15) is 0 Å². The van der Waals surface area contributed by atoms with Gasteiger partial charge in [0.1, 0.15) is 0 Å². The first-order chi connectivity index (χ1) is 13.1. The number of amides is 1. The van der Waals surface area contributed by atoms with E-state index in [4.69, 9.17) is 11.6 Å². The molecule has 0 atom stereocenters. The van der Waals surface area contributed by atoms with Gasteiger partial charge in [-0.1, -0.05) is 17.7 Å². The van der Waals surface area contributed by atoms with Crippen molar-refractivity contribution in [3.63, 3.8) is 0 Å². The first-order valence-corrected chi connectivity index (χ1v) is 9.91. The lowest BCUT2D eigenvalue weighted by Crippen LogP contribution is -2.23. The maximum atomic E-state index is 12.2. The summed E-state index contributed by atoms with van der Waals surface area (Å²) in [5.41, 5.74) is 1.03. The summed E-state index contributed by atoms with van der Waals surface area (Å²) in [6.45, 7) is -0.104. The predicted molar refractivity (Wildman–Crippen MR) is 107 cm³/mol. The SMILES string of the molecule is COC(=O)c1cc(NCC(=O)Nc2cccc(S(=O)(=O)N(C)C)c2)ccc1Cl. The molecule has 0 heterocycles. The van der Waals surface area contributed by atoms with Gasteiger partial charge in [-0.25, -0.2) is 17.5 Å². The van der Waals surface area contributed by atoms with E-state index in [1.54, 1.807) is 18.2 Å². The molecule has 150 valence electrons. The highest BCUT2D eigenvalue weighted by atomic mass is 35.5. The lowest BCUT2D eigenvalue weighted by atomic mass is 10.2. The molecular formula is C18H20ClN3O5S. The van der Waals surface area contributed by atoms with Gasteiger partial charge in [-0.3, -0.25) is 4.79 Å². The Labute approximate surface area is 168 Å². The molecule has 0 saturated carbocycles. The van der Waals surface area contributed by atoms with Gasteiger partial charge < -0.3 is 15.4 Å². The monoisotopic (exact) mass is 425 g/mol. The number of nitrogens with zero attached hydrogens (tertiary/aromatic N) is 1. The van der Waals surface area contributed by atoms with Crippen LogP contribution in [0.15, 0.2) is 47.4 Å². The summed E-state index contributed by atoms with van der Waals surface area (Å²) in [6, 6.07) is 10.6. The molecule has 0 spiro atoms. The molecular weight excluding hydrogens is 406 g/mol. The number of ether oxygens (including phenoxy) is 1. The molecule has 8 nitrogen and oxygen atoms in total.